The van der Waals surface area contributed by atoms with E-state index in [1.54, 1.807) is 0 Å². The van der Waals surface area contributed by atoms with Crippen LogP contribution in [0.1, 0.15) is 33.1 Å². The molecule has 0 spiro atoms. The lowest BCUT2D eigenvalue weighted by Crippen LogP contribution is -2.53. The summed E-state index contributed by atoms with van der Waals surface area (Å²) in [5.74, 6) is 1.57. The smallest absolute Gasteiger partial charge is 0.191 e. The van der Waals surface area contributed by atoms with Crippen molar-refractivity contribution in [3.05, 3.63) is 0 Å². The molecule has 0 aliphatic carbocycles. The molecule has 0 radical (unpaired) electrons. The van der Waals surface area contributed by atoms with E-state index in [2.05, 4.69) is 39.3 Å². The number of hydrogen-bond acceptors (Lipinski definition) is 5. The fraction of sp³-hybridized carbons (Fsp3) is 0.950. The molecule has 2 aliphatic rings. The molecule has 8 heteroatoms. The third kappa shape index (κ3) is 10.0. The Hall–Kier alpha value is -0.160. The van der Waals surface area contributed by atoms with Crippen LogP contribution in [0.15, 0.2) is 4.99 Å². The van der Waals surface area contributed by atoms with E-state index in [1.807, 2.05) is 7.05 Å². The maximum atomic E-state index is 5.82. The van der Waals surface area contributed by atoms with Crippen molar-refractivity contribution >= 4 is 29.9 Å². The molecule has 2 rings (SSSR count). The lowest BCUT2D eigenvalue weighted by atomic mass is 10.0. The van der Waals surface area contributed by atoms with Crippen molar-refractivity contribution in [1.29, 1.82) is 0 Å². The fourth-order valence-electron chi connectivity index (χ4n) is 3.66. The van der Waals surface area contributed by atoms with Crippen LogP contribution in [0.3, 0.4) is 0 Å². The first-order chi connectivity index (χ1) is 13.2. The molecule has 166 valence electrons. The van der Waals surface area contributed by atoms with Gasteiger partial charge in [-0.3, -0.25) is 9.89 Å². The number of nitrogens with zero attached hydrogens (tertiary/aromatic N) is 3. The number of piperazine rings is 1. The standard InChI is InChI=1S/C20H41N5O2.HI/c1-4-24-9-11-25(12-10-24)18(2)16-23-20(21-3)22-8-5-13-27-17-19-6-14-26-15-7-19;/h18-19H,4-17H2,1-3H3,(H2,21,22,23);1H. The van der Waals surface area contributed by atoms with Crippen molar-refractivity contribution in [2.45, 2.75) is 39.2 Å². The van der Waals surface area contributed by atoms with E-state index in [4.69, 9.17) is 9.47 Å². The average Bonchev–Trinajstić information content (AvgIpc) is 2.73. The molecule has 0 bridgehead atoms. The van der Waals surface area contributed by atoms with Gasteiger partial charge in [-0.2, -0.15) is 0 Å². The second kappa shape index (κ2) is 15.6. The summed E-state index contributed by atoms with van der Waals surface area (Å²) in [5, 5.41) is 6.86. The van der Waals surface area contributed by atoms with Gasteiger partial charge in [0.2, 0.25) is 0 Å². The van der Waals surface area contributed by atoms with E-state index in [0.717, 1.165) is 84.4 Å². The van der Waals surface area contributed by atoms with Gasteiger partial charge in [-0.15, -0.1) is 24.0 Å². The van der Waals surface area contributed by atoms with Crippen molar-refractivity contribution in [3.63, 3.8) is 0 Å². The second-order valence-electron chi connectivity index (χ2n) is 7.68. The largest absolute Gasteiger partial charge is 0.381 e. The highest BCUT2D eigenvalue weighted by atomic mass is 127. The summed E-state index contributed by atoms with van der Waals surface area (Å²) in [6.07, 6.45) is 3.28. The number of aliphatic imine (C=N–C) groups is 1. The highest BCUT2D eigenvalue weighted by Gasteiger charge is 2.20. The fourth-order valence-corrected chi connectivity index (χ4v) is 3.66. The van der Waals surface area contributed by atoms with Gasteiger partial charge in [-0.05, 0) is 38.6 Å². The molecule has 0 aromatic carbocycles. The van der Waals surface area contributed by atoms with Crippen LogP contribution in [0.2, 0.25) is 0 Å². The Morgan fingerprint density at radius 1 is 1.18 bits per heavy atom. The zero-order chi connectivity index (χ0) is 19.3. The van der Waals surface area contributed by atoms with Gasteiger partial charge < -0.3 is 25.0 Å². The van der Waals surface area contributed by atoms with Crippen LogP contribution in [0, 0.1) is 5.92 Å². The number of likely N-dealkylation sites (N-methyl/N-ethyl adjacent to an activating group) is 1. The Labute approximate surface area is 189 Å². The van der Waals surface area contributed by atoms with E-state index in [0.29, 0.717) is 12.0 Å². The zero-order valence-corrected chi connectivity index (χ0v) is 20.5. The van der Waals surface area contributed by atoms with Gasteiger partial charge >= 0.3 is 0 Å². The summed E-state index contributed by atoms with van der Waals surface area (Å²) in [7, 11) is 1.83. The second-order valence-corrected chi connectivity index (χ2v) is 7.68. The van der Waals surface area contributed by atoms with E-state index in [1.165, 1.54) is 13.1 Å². The third-order valence-corrected chi connectivity index (χ3v) is 5.72. The van der Waals surface area contributed by atoms with Gasteiger partial charge in [-0.1, -0.05) is 6.92 Å². The lowest BCUT2D eigenvalue weighted by molar-refractivity contribution is 0.0203. The Morgan fingerprint density at radius 3 is 2.54 bits per heavy atom. The number of hydrogen-bond donors (Lipinski definition) is 2. The average molecular weight is 511 g/mol. The number of halogens is 1. The SMILES string of the molecule is CCN1CCN(C(C)CNC(=NC)NCCCOCC2CCOCC2)CC1.I. The van der Waals surface area contributed by atoms with E-state index in [9.17, 15) is 0 Å². The van der Waals surface area contributed by atoms with Crippen LogP contribution in [0.4, 0.5) is 0 Å². The van der Waals surface area contributed by atoms with Crippen LogP contribution in [-0.2, 0) is 9.47 Å². The van der Waals surface area contributed by atoms with Crippen LogP contribution < -0.4 is 10.6 Å². The maximum absolute atomic E-state index is 5.82. The molecule has 2 heterocycles. The summed E-state index contributed by atoms with van der Waals surface area (Å²) in [6, 6.07) is 0.519. The van der Waals surface area contributed by atoms with Gasteiger partial charge in [0.1, 0.15) is 0 Å². The first-order valence-corrected chi connectivity index (χ1v) is 10.8. The molecule has 2 aliphatic heterocycles. The Morgan fingerprint density at radius 2 is 1.89 bits per heavy atom. The number of guanidine groups is 1. The first-order valence-electron chi connectivity index (χ1n) is 10.8. The van der Waals surface area contributed by atoms with E-state index >= 15 is 0 Å². The van der Waals surface area contributed by atoms with Gasteiger partial charge in [-0.25, -0.2) is 0 Å². The van der Waals surface area contributed by atoms with Gasteiger partial charge in [0.05, 0.1) is 0 Å². The molecule has 0 aromatic rings. The Bertz CT molecular complexity index is 413. The predicted molar refractivity (Wildman–Crippen MR) is 127 cm³/mol. The van der Waals surface area contributed by atoms with Gasteiger partial charge in [0.25, 0.3) is 0 Å². The van der Waals surface area contributed by atoms with Crippen molar-refractivity contribution in [2.24, 2.45) is 10.9 Å². The van der Waals surface area contributed by atoms with Crippen LogP contribution in [0.25, 0.3) is 0 Å². The molecule has 7 nitrogen and oxygen atoms in total. The Balaban J connectivity index is 0.00000392. The third-order valence-electron chi connectivity index (χ3n) is 5.72. The van der Waals surface area contributed by atoms with E-state index in [-0.39, 0.29) is 24.0 Å². The molecule has 2 N–H and O–H groups in total. The van der Waals surface area contributed by atoms with Crippen molar-refractivity contribution in [3.8, 4) is 0 Å². The predicted octanol–water partition coefficient (Wildman–Crippen LogP) is 1.63. The molecule has 0 aromatic heterocycles. The summed E-state index contributed by atoms with van der Waals surface area (Å²) in [5.41, 5.74) is 0. The Kier molecular flexibility index (Phi) is 14.5. The van der Waals surface area contributed by atoms with Gasteiger partial charge in [0, 0.05) is 78.8 Å². The molecule has 2 saturated heterocycles. The molecule has 28 heavy (non-hydrogen) atoms. The highest BCUT2D eigenvalue weighted by molar-refractivity contribution is 14.0. The normalized spacial score (nSPS) is 21.2. The first kappa shape index (κ1) is 25.9. The molecule has 2 fully saturated rings. The number of nitrogens with one attached hydrogen (secondary N) is 2. The molecule has 1 atom stereocenters. The molecule has 0 saturated carbocycles. The summed E-state index contributed by atoms with van der Waals surface area (Å²) in [4.78, 5) is 9.42. The summed E-state index contributed by atoms with van der Waals surface area (Å²) in [6.45, 7) is 15.7. The topological polar surface area (TPSA) is 61.4 Å². The molecule has 0 amide bonds. The maximum Gasteiger partial charge on any atom is 0.191 e. The highest BCUT2D eigenvalue weighted by Crippen LogP contribution is 2.14. The lowest BCUT2D eigenvalue weighted by Gasteiger charge is -2.37. The monoisotopic (exact) mass is 511 g/mol. The summed E-state index contributed by atoms with van der Waals surface area (Å²) < 4.78 is 11.2. The quantitative estimate of drug-likeness (QED) is 0.201. The van der Waals surface area contributed by atoms with Crippen molar-refractivity contribution < 1.29 is 9.47 Å². The van der Waals surface area contributed by atoms with Gasteiger partial charge in [0.15, 0.2) is 5.96 Å². The van der Waals surface area contributed by atoms with E-state index < -0.39 is 0 Å². The molecular formula is C20H42IN5O2. The molecular weight excluding hydrogens is 469 g/mol. The zero-order valence-electron chi connectivity index (χ0n) is 18.1. The number of ether oxygens (including phenoxy) is 2. The van der Waals surface area contributed by atoms with Crippen molar-refractivity contribution in [1.82, 2.24) is 20.4 Å². The molecule has 1 unspecified atom stereocenters. The minimum Gasteiger partial charge on any atom is -0.381 e. The number of rotatable bonds is 10. The summed E-state index contributed by atoms with van der Waals surface area (Å²) >= 11 is 0. The van der Waals surface area contributed by atoms with Crippen LogP contribution in [0.5, 0.6) is 0 Å². The minimum absolute atomic E-state index is 0. The van der Waals surface area contributed by atoms with Crippen LogP contribution in [-0.4, -0.2) is 101 Å². The van der Waals surface area contributed by atoms with Crippen LogP contribution >= 0.6 is 24.0 Å². The minimum atomic E-state index is 0. The van der Waals surface area contributed by atoms with Crippen molar-refractivity contribution in [2.75, 3.05) is 79.3 Å².